The van der Waals surface area contributed by atoms with E-state index in [0.29, 0.717) is 13.0 Å². The lowest BCUT2D eigenvalue weighted by Gasteiger charge is -2.44. The maximum atomic E-state index is 13.0. The maximum Gasteiger partial charge on any atom is 0.326 e. The highest BCUT2D eigenvalue weighted by molar-refractivity contribution is 5.92. The lowest BCUT2D eigenvalue weighted by atomic mass is 9.63. The van der Waals surface area contributed by atoms with E-state index in [1.165, 1.54) is 0 Å². The number of benzene rings is 1. The summed E-state index contributed by atoms with van der Waals surface area (Å²) in [6, 6.07) is 7.45. The molecule has 1 aliphatic heterocycles. The van der Waals surface area contributed by atoms with E-state index in [4.69, 9.17) is 0 Å². The van der Waals surface area contributed by atoms with Crippen LogP contribution in [0, 0.1) is 6.92 Å². The molecule has 1 atom stereocenters. The van der Waals surface area contributed by atoms with Gasteiger partial charge in [-0.15, -0.1) is 0 Å². The third kappa shape index (κ3) is 2.23. The molecule has 2 fully saturated rings. The van der Waals surface area contributed by atoms with Gasteiger partial charge >= 0.3 is 5.97 Å². The average Bonchev–Trinajstić information content (AvgIpc) is 2.86. The first kappa shape index (κ1) is 14.1. The van der Waals surface area contributed by atoms with E-state index in [-0.39, 0.29) is 5.91 Å². The third-order valence-electron chi connectivity index (χ3n) is 4.99. The van der Waals surface area contributed by atoms with Crippen LogP contribution in [0.4, 0.5) is 0 Å². The Morgan fingerprint density at radius 3 is 2.62 bits per heavy atom. The number of carbonyl (C=O) groups is 2. The van der Waals surface area contributed by atoms with Crippen LogP contribution in [0.1, 0.15) is 43.2 Å². The van der Waals surface area contributed by atoms with Crippen LogP contribution in [0.5, 0.6) is 0 Å². The van der Waals surface area contributed by atoms with Gasteiger partial charge in [-0.05, 0) is 38.2 Å². The van der Waals surface area contributed by atoms with E-state index in [1.54, 1.807) is 4.90 Å². The Morgan fingerprint density at radius 1 is 1.29 bits per heavy atom. The quantitative estimate of drug-likeness (QED) is 0.929. The van der Waals surface area contributed by atoms with Crippen LogP contribution in [-0.4, -0.2) is 34.5 Å². The zero-order valence-electron chi connectivity index (χ0n) is 12.3. The molecule has 1 aromatic rings. The van der Waals surface area contributed by atoms with E-state index in [2.05, 4.69) is 6.07 Å². The van der Waals surface area contributed by atoms with E-state index in [0.717, 1.165) is 36.8 Å². The first-order valence-corrected chi connectivity index (χ1v) is 7.66. The Labute approximate surface area is 124 Å². The minimum absolute atomic E-state index is 0.0178. The fourth-order valence-electron chi connectivity index (χ4n) is 3.64. The number of amides is 1. The van der Waals surface area contributed by atoms with E-state index in [9.17, 15) is 14.7 Å². The predicted octanol–water partition coefficient (Wildman–Crippen LogP) is 2.49. The van der Waals surface area contributed by atoms with E-state index < -0.39 is 17.4 Å². The minimum Gasteiger partial charge on any atom is -0.480 e. The minimum atomic E-state index is -0.875. The number of aliphatic carboxylic acids is 1. The Hall–Kier alpha value is -1.84. The molecule has 0 unspecified atom stereocenters. The largest absolute Gasteiger partial charge is 0.480 e. The van der Waals surface area contributed by atoms with Crippen molar-refractivity contribution in [2.75, 3.05) is 6.54 Å². The molecule has 1 saturated carbocycles. The van der Waals surface area contributed by atoms with Crippen molar-refractivity contribution in [1.82, 2.24) is 4.90 Å². The second-order valence-electron chi connectivity index (χ2n) is 6.30. The first-order chi connectivity index (χ1) is 10.0. The highest BCUT2D eigenvalue weighted by Crippen LogP contribution is 2.46. The maximum absolute atomic E-state index is 13.0. The van der Waals surface area contributed by atoms with Gasteiger partial charge in [-0.1, -0.05) is 36.2 Å². The second kappa shape index (κ2) is 5.17. The van der Waals surface area contributed by atoms with Gasteiger partial charge in [-0.3, -0.25) is 4.79 Å². The van der Waals surface area contributed by atoms with Crippen molar-refractivity contribution in [2.45, 2.75) is 50.5 Å². The topological polar surface area (TPSA) is 57.6 Å². The highest BCUT2D eigenvalue weighted by atomic mass is 16.4. The van der Waals surface area contributed by atoms with Gasteiger partial charge in [-0.2, -0.15) is 0 Å². The van der Waals surface area contributed by atoms with Crippen LogP contribution in [0.3, 0.4) is 0 Å². The number of likely N-dealkylation sites (tertiary alicyclic amines) is 1. The molecule has 1 aliphatic carbocycles. The zero-order valence-corrected chi connectivity index (χ0v) is 12.3. The molecule has 1 amide bonds. The number of nitrogens with zero attached hydrogens (tertiary/aromatic N) is 1. The van der Waals surface area contributed by atoms with Crippen molar-refractivity contribution < 1.29 is 14.7 Å². The average molecular weight is 287 g/mol. The van der Waals surface area contributed by atoms with Gasteiger partial charge in [0.2, 0.25) is 5.91 Å². The fourth-order valence-corrected chi connectivity index (χ4v) is 3.64. The molecule has 4 heteroatoms. The number of hydrogen-bond acceptors (Lipinski definition) is 2. The Morgan fingerprint density at radius 2 is 2.05 bits per heavy atom. The van der Waals surface area contributed by atoms with Gasteiger partial charge in [0.1, 0.15) is 6.04 Å². The van der Waals surface area contributed by atoms with Crippen LogP contribution >= 0.6 is 0 Å². The second-order valence-corrected chi connectivity index (χ2v) is 6.30. The number of carbonyl (C=O) groups excluding carboxylic acids is 1. The summed E-state index contributed by atoms with van der Waals surface area (Å²) in [7, 11) is 0. The standard InChI is InChI=1S/C17H21NO3/c1-12-5-2-6-13(11-12)17(8-4-9-17)16(21)18-10-3-7-14(18)15(19)20/h2,5-6,11,14H,3-4,7-10H2,1H3,(H,19,20)/t14-/m1/s1. The highest BCUT2D eigenvalue weighted by Gasteiger charge is 2.50. The molecular formula is C17H21NO3. The molecule has 1 heterocycles. The van der Waals surface area contributed by atoms with Crippen molar-refractivity contribution in [1.29, 1.82) is 0 Å². The number of rotatable bonds is 3. The number of hydrogen-bond donors (Lipinski definition) is 1. The number of aryl methyl sites for hydroxylation is 1. The van der Waals surface area contributed by atoms with Crippen LogP contribution in [-0.2, 0) is 15.0 Å². The third-order valence-corrected chi connectivity index (χ3v) is 4.99. The van der Waals surface area contributed by atoms with Crippen molar-refractivity contribution in [3.63, 3.8) is 0 Å². The van der Waals surface area contributed by atoms with Gasteiger partial charge in [0.25, 0.3) is 0 Å². The van der Waals surface area contributed by atoms with Crippen LogP contribution in [0.25, 0.3) is 0 Å². The summed E-state index contributed by atoms with van der Waals surface area (Å²) in [5, 5.41) is 9.31. The molecule has 21 heavy (non-hydrogen) atoms. The SMILES string of the molecule is Cc1cccc(C2(C(=O)N3CCC[C@@H]3C(=O)O)CCC2)c1. The molecule has 0 bridgehead atoms. The smallest absolute Gasteiger partial charge is 0.326 e. The first-order valence-electron chi connectivity index (χ1n) is 7.66. The predicted molar refractivity (Wildman–Crippen MR) is 79.1 cm³/mol. The van der Waals surface area contributed by atoms with Crippen LogP contribution in [0.15, 0.2) is 24.3 Å². The van der Waals surface area contributed by atoms with Crippen molar-refractivity contribution >= 4 is 11.9 Å². The lowest BCUT2D eigenvalue weighted by Crippen LogP contribution is -2.53. The van der Waals surface area contributed by atoms with Gasteiger partial charge in [0, 0.05) is 6.54 Å². The summed E-state index contributed by atoms with van der Waals surface area (Å²) in [5.41, 5.74) is 1.71. The monoisotopic (exact) mass is 287 g/mol. The van der Waals surface area contributed by atoms with Crippen LogP contribution in [0.2, 0.25) is 0 Å². The van der Waals surface area contributed by atoms with Gasteiger partial charge < -0.3 is 10.0 Å². The van der Waals surface area contributed by atoms with Crippen molar-refractivity contribution in [3.8, 4) is 0 Å². The zero-order chi connectivity index (χ0) is 15.0. The molecule has 1 aromatic carbocycles. The van der Waals surface area contributed by atoms with Crippen molar-refractivity contribution in [2.24, 2.45) is 0 Å². The molecule has 0 aromatic heterocycles. The molecule has 0 radical (unpaired) electrons. The Kier molecular flexibility index (Phi) is 3.47. The molecule has 1 saturated heterocycles. The number of carboxylic acid groups (broad SMARTS) is 1. The van der Waals surface area contributed by atoms with E-state index in [1.807, 2.05) is 25.1 Å². The summed E-state index contributed by atoms with van der Waals surface area (Å²) in [6.45, 7) is 2.60. The summed E-state index contributed by atoms with van der Waals surface area (Å²) < 4.78 is 0. The lowest BCUT2D eigenvalue weighted by molar-refractivity contribution is -0.152. The van der Waals surface area contributed by atoms with Gasteiger partial charge in [0.15, 0.2) is 0 Å². The fraction of sp³-hybridized carbons (Fsp3) is 0.529. The van der Waals surface area contributed by atoms with Gasteiger partial charge in [-0.25, -0.2) is 4.79 Å². The Balaban J connectivity index is 1.92. The van der Waals surface area contributed by atoms with E-state index >= 15 is 0 Å². The molecular weight excluding hydrogens is 266 g/mol. The molecule has 0 spiro atoms. The molecule has 4 nitrogen and oxygen atoms in total. The van der Waals surface area contributed by atoms with Crippen LogP contribution < -0.4 is 0 Å². The normalized spacial score (nSPS) is 23.7. The van der Waals surface area contributed by atoms with Crippen molar-refractivity contribution in [3.05, 3.63) is 35.4 Å². The molecule has 3 rings (SSSR count). The summed E-state index contributed by atoms with van der Waals surface area (Å²) >= 11 is 0. The molecule has 2 aliphatic rings. The molecule has 1 N–H and O–H groups in total. The summed E-state index contributed by atoms with van der Waals surface area (Å²) in [6.07, 6.45) is 4.05. The Bertz CT molecular complexity index is 577. The summed E-state index contributed by atoms with van der Waals surface area (Å²) in [4.78, 5) is 26.0. The number of carboxylic acids is 1. The summed E-state index contributed by atoms with van der Waals surface area (Å²) in [5.74, 6) is -0.858. The van der Waals surface area contributed by atoms with Gasteiger partial charge in [0.05, 0.1) is 5.41 Å². The molecule has 112 valence electrons.